The number of hydrogen-bond donors (Lipinski definition) is 1. The fraction of sp³-hybridized carbons (Fsp3) is 0.200. The van der Waals surface area contributed by atoms with Crippen LogP contribution < -0.4 is 5.48 Å². The van der Waals surface area contributed by atoms with Crippen LogP contribution >= 0.6 is 0 Å². The Balaban J connectivity index is 1.73. The second-order valence-corrected chi connectivity index (χ2v) is 4.08. The topological polar surface area (TPSA) is 21.3 Å². The van der Waals surface area contributed by atoms with Gasteiger partial charge in [-0.1, -0.05) is 60.2 Å². The minimum atomic E-state index is 0.590. The summed E-state index contributed by atoms with van der Waals surface area (Å²) >= 11 is 0. The van der Waals surface area contributed by atoms with Crippen LogP contribution in [0.3, 0.4) is 0 Å². The second kappa shape index (κ2) is 6.18. The van der Waals surface area contributed by atoms with Gasteiger partial charge in [0.15, 0.2) is 0 Å². The van der Waals surface area contributed by atoms with E-state index in [9.17, 15) is 0 Å². The monoisotopic (exact) mass is 227 g/mol. The number of nitrogens with one attached hydrogen (secondary N) is 1. The minimum absolute atomic E-state index is 0.590. The summed E-state index contributed by atoms with van der Waals surface area (Å²) in [6.45, 7) is 3.41. The van der Waals surface area contributed by atoms with Crippen molar-refractivity contribution < 1.29 is 4.84 Å². The standard InChI is InChI=1S/C15H17NO/c1-13-6-5-9-15(10-13)11-16-17-12-14-7-3-2-4-8-14/h2-10,16H,11-12H2,1H3. The Hall–Kier alpha value is -1.64. The molecule has 2 nitrogen and oxygen atoms in total. The van der Waals surface area contributed by atoms with E-state index in [2.05, 4.69) is 36.7 Å². The number of benzene rings is 2. The van der Waals surface area contributed by atoms with Gasteiger partial charge in [0.25, 0.3) is 0 Å². The Bertz CT molecular complexity index is 453. The summed E-state index contributed by atoms with van der Waals surface area (Å²) in [6.07, 6.45) is 0. The Morgan fingerprint density at radius 1 is 0.941 bits per heavy atom. The van der Waals surface area contributed by atoms with Gasteiger partial charge < -0.3 is 0 Å². The van der Waals surface area contributed by atoms with Gasteiger partial charge in [0.2, 0.25) is 0 Å². The first-order valence-electron chi connectivity index (χ1n) is 5.79. The van der Waals surface area contributed by atoms with Crippen LogP contribution in [0.4, 0.5) is 0 Å². The van der Waals surface area contributed by atoms with Gasteiger partial charge >= 0.3 is 0 Å². The maximum Gasteiger partial charge on any atom is 0.0933 e. The first-order valence-corrected chi connectivity index (χ1v) is 5.79. The van der Waals surface area contributed by atoms with E-state index >= 15 is 0 Å². The van der Waals surface area contributed by atoms with Crippen LogP contribution in [0.5, 0.6) is 0 Å². The molecule has 0 aliphatic rings. The number of rotatable bonds is 5. The van der Waals surface area contributed by atoms with Crippen molar-refractivity contribution in [3.05, 3.63) is 71.3 Å². The normalized spacial score (nSPS) is 10.4. The molecule has 2 aromatic rings. The van der Waals surface area contributed by atoms with Gasteiger partial charge in [0.1, 0.15) is 0 Å². The first kappa shape index (κ1) is 11.8. The average Bonchev–Trinajstić information content (AvgIpc) is 2.36. The highest BCUT2D eigenvalue weighted by molar-refractivity contribution is 5.21. The molecule has 0 aliphatic carbocycles. The SMILES string of the molecule is Cc1cccc(CNOCc2ccccc2)c1. The van der Waals surface area contributed by atoms with Crippen molar-refractivity contribution in [2.75, 3.05) is 0 Å². The van der Waals surface area contributed by atoms with E-state index in [1.54, 1.807) is 0 Å². The van der Waals surface area contributed by atoms with Gasteiger partial charge in [-0.05, 0) is 18.1 Å². The molecule has 0 saturated carbocycles. The van der Waals surface area contributed by atoms with Crippen LogP contribution in [-0.2, 0) is 18.0 Å². The molecule has 17 heavy (non-hydrogen) atoms. The smallest absolute Gasteiger partial charge is 0.0933 e. The molecule has 2 rings (SSSR count). The summed E-state index contributed by atoms with van der Waals surface area (Å²) in [7, 11) is 0. The van der Waals surface area contributed by atoms with Gasteiger partial charge in [-0.25, -0.2) is 0 Å². The third-order valence-electron chi connectivity index (χ3n) is 2.54. The molecule has 1 N–H and O–H groups in total. The van der Waals surface area contributed by atoms with Gasteiger partial charge in [0.05, 0.1) is 6.61 Å². The molecule has 0 atom stereocenters. The zero-order chi connectivity index (χ0) is 11.9. The van der Waals surface area contributed by atoms with E-state index in [1.165, 1.54) is 16.7 Å². The molecule has 0 radical (unpaired) electrons. The summed E-state index contributed by atoms with van der Waals surface area (Å²) in [5.74, 6) is 0. The third kappa shape index (κ3) is 4.02. The first-order chi connectivity index (χ1) is 8.34. The van der Waals surface area contributed by atoms with Crippen molar-refractivity contribution in [1.29, 1.82) is 0 Å². The van der Waals surface area contributed by atoms with Gasteiger partial charge in [0, 0.05) is 6.54 Å². The molecule has 0 fully saturated rings. The lowest BCUT2D eigenvalue weighted by molar-refractivity contribution is 0.0235. The maximum absolute atomic E-state index is 5.41. The molecule has 2 heteroatoms. The quantitative estimate of drug-likeness (QED) is 0.625. The molecular formula is C15H17NO. The Morgan fingerprint density at radius 2 is 1.71 bits per heavy atom. The fourth-order valence-electron chi connectivity index (χ4n) is 1.67. The summed E-state index contributed by atoms with van der Waals surface area (Å²) in [6, 6.07) is 18.5. The van der Waals surface area contributed by atoms with Crippen LogP contribution in [0.2, 0.25) is 0 Å². The summed E-state index contributed by atoms with van der Waals surface area (Å²) in [5.41, 5.74) is 6.65. The van der Waals surface area contributed by atoms with Crippen LogP contribution in [0.1, 0.15) is 16.7 Å². The van der Waals surface area contributed by atoms with Gasteiger partial charge in [-0.2, -0.15) is 5.48 Å². The van der Waals surface area contributed by atoms with Crippen LogP contribution in [-0.4, -0.2) is 0 Å². The summed E-state index contributed by atoms with van der Waals surface area (Å²) in [5, 5.41) is 0. The molecule has 0 spiro atoms. The van der Waals surface area contributed by atoms with Crippen molar-refractivity contribution >= 4 is 0 Å². The van der Waals surface area contributed by atoms with E-state index in [4.69, 9.17) is 4.84 Å². The number of hydroxylamine groups is 1. The van der Waals surface area contributed by atoms with E-state index < -0.39 is 0 Å². The molecule has 88 valence electrons. The van der Waals surface area contributed by atoms with Crippen molar-refractivity contribution in [2.24, 2.45) is 0 Å². The van der Waals surface area contributed by atoms with E-state index in [-0.39, 0.29) is 0 Å². The fourth-order valence-corrected chi connectivity index (χ4v) is 1.67. The van der Waals surface area contributed by atoms with E-state index in [0.29, 0.717) is 6.61 Å². The molecule has 0 bridgehead atoms. The van der Waals surface area contributed by atoms with Gasteiger partial charge in [-0.3, -0.25) is 4.84 Å². The lowest BCUT2D eigenvalue weighted by Gasteiger charge is -2.06. The average molecular weight is 227 g/mol. The third-order valence-corrected chi connectivity index (χ3v) is 2.54. The summed E-state index contributed by atoms with van der Waals surface area (Å²) < 4.78 is 0. The van der Waals surface area contributed by atoms with Crippen molar-refractivity contribution in [3.8, 4) is 0 Å². The molecular weight excluding hydrogens is 210 g/mol. The van der Waals surface area contributed by atoms with E-state index in [1.807, 2.05) is 30.3 Å². The predicted octanol–water partition coefficient (Wildman–Crippen LogP) is 3.22. The van der Waals surface area contributed by atoms with Crippen molar-refractivity contribution in [2.45, 2.75) is 20.1 Å². The highest BCUT2D eigenvalue weighted by Crippen LogP contribution is 2.04. The Kier molecular flexibility index (Phi) is 4.30. The molecule has 0 amide bonds. The zero-order valence-corrected chi connectivity index (χ0v) is 10.0. The molecule has 0 heterocycles. The lowest BCUT2D eigenvalue weighted by Crippen LogP contribution is -2.13. The summed E-state index contributed by atoms with van der Waals surface area (Å²) in [4.78, 5) is 5.41. The van der Waals surface area contributed by atoms with Crippen molar-refractivity contribution in [1.82, 2.24) is 5.48 Å². The lowest BCUT2D eigenvalue weighted by atomic mass is 10.1. The molecule has 2 aromatic carbocycles. The largest absolute Gasteiger partial charge is 0.297 e. The van der Waals surface area contributed by atoms with Gasteiger partial charge in [-0.15, -0.1) is 0 Å². The highest BCUT2D eigenvalue weighted by Gasteiger charge is 1.94. The molecule has 0 aliphatic heterocycles. The maximum atomic E-state index is 5.41. The molecule has 0 unspecified atom stereocenters. The Labute approximate surface area is 102 Å². The highest BCUT2D eigenvalue weighted by atomic mass is 16.6. The van der Waals surface area contributed by atoms with Crippen molar-refractivity contribution in [3.63, 3.8) is 0 Å². The number of hydrogen-bond acceptors (Lipinski definition) is 2. The number of aryl methyl sites for hydroxylation is 1. The van der Waals surface area contributed by atoms with Crippen LogP contribution in [0.15, 0.2) is 54.6 Å². The predicted molar refractivity (Wildman–Crippen MR) is 69.2 cm³/mol. The second-order valence-electron chi connectivity index (χ2n) is 4.08. The van der Waals surface area contributed by atoms with Crippen LogP contribution in [0.25, 0.3) is 0 Å². The van der Waals surface area contributed by atoms with E-state index in [0.717, 1.165) is 6.54 Å². The molecule has 0 aromatic heterocycles. The zero-order valence-electron chi connectivity index (χ0n) is 10.0. The Morgan fingerprint density at radius 3 is 2.47 bits per heavy atom. The molecule has 0 saturated heterocycles. The minimum Gasteiger partial charge on any atom is -0.297 e. The van der Waals surface area contributed by atoms with Crippen LogP contribution in [0, 0.1) is 6.92 Å².